The first-order chi connectivity index (χ1) is 6.46. The minimum absolute atomic E-state index is 0.108. The number of aliphatic hydroxyl groups excluding tert-OH is 1. The van der Waals surface area contributed by atoms with Crippen LogP contribution in [-0.2, 0) is 10.0 Å². The largest absolute Gasteiger partial charge is 0.394 e. The van der Waals surface area contributed by atoms with Gasteiger partial charge in [-0.05, 0) is 26.2 Å². The summed E-state index contributed by atoms with van der Waals surface area (Å²) in [6.07, 6.45) is 2.28. The zero-order valence-electron chi connectivity index (χ0n) is 8.86. The van der Waals surface area contributed by atoms with Gasteiger partial charge < -0.3 is 5.11 Å². The van der Waals surface area contributed by atoms with E-state index in [0.29, 0.717) is 13.0 Å². The molecule has 1 unspecified atom stereocenters. The van der Waals surface area contributed by atoms with E-state index in [1.165, 1.54) is 4.31 Å². The Hall–Kier alpha value is -0.130. The third-order valence-electron chi connectivity index (χ3n) is 3.05. The maximum atomic E-state index is 11.8. The van der Waals surface area contributed by atoms with Gasteiger partial charge in [-0.1, -0.05) is 6.92 Å². The Labute approximate surface area is 86.0 Å². The van der Waals surface area contributed by atoms with Gasteiger partial charge in [0.25, 0.3) is 0 Å². The first kappa shape index (κ1) is 11.9. The summed E-state index contributed by atoms with van der Waals surface area (Å²) in [7, 11) is -3.13. The van der Waals surface area contributed by atoms with Gasteiger partial charge in [-0.15, -0.1) is 0 Å². The maximum absolute atomic E-state index is 11.8. The Balaban J connectivity index is 2.94. The molecule has 1 N–H and O–H groups in total. The van der Waals surface area contributed by atoms with Crippen molar-refractivity contribution in [3.05, 3.63) is 0 Å². The lowest BCUT2D eigenvalue weighted by atomic mass is 10.00. The molecule has 1 atom stereocenters. The molecule has 0 bridgehead atoms. The van der Waals surface area contributed by atoms with Crippen LogP contribution in [0.5, 0.6) is 0 Å². The molecule has 1 rings (SSSR count). The zero-order chi connectivity index (χ0) is 10.8. The van der Waals surface area contributed by atoms with Crippen molar-refractivity contribution in [2.75, 3.05) is 18.9 Å². The first-order valence-electron chi connectivity index (χ1n) is 5.07. The van der Waals surface area contributed by atoms with Crippen LogP contribution in [0.2, 0.25) is 0 Å². The number of aliphatic hydroxyl groups is 1. The molecule has 0 aromatic heterocycles. The summed E-state index contributed by atoms with van der Waals surface area (Å²) in [5, 5.41) is 9.26. The van der Waals surface area contributed by atoms with Gasteiger partial charge in [0.05, 0.1) is 17.9 Å². The molecule has 0 radical (unpaired) electrons. The summed E-state index contributed by atoms with van der Waals surface area (Å²) in [6, 6.07) is 0. The van der Waals surface area contributed by atoms with Crippen LogP contribution in [0.4, 0.5) is 0 Å². The van der Waals surface area contributed by atoms with Crippen LogP contribution in [0.25, 0.3) is 0 Å². The molecule has 84 valence electrons. The number of hydrogen-bond acceptors (Lipinski definition) is 3. The fraction of sp³-hybridized carbons (Fsp3) is 1.00. The lowest BCUT2D eigenvalue weighted by Gasteiger charge is -2.40. The van der Waals surface area contributed by atoms with Gasteiger partial charge in [-0.2, -0.15) is 4.31 Å². The molecule has 14 heavy (non-hydrogen) atoms. The summed E-state index contributed by atoms with van der Waals surface area (Å²) in [5.41, 5.74) is -0.612. The molecular formula is C9H19NO3S. The molecule has 0 amide bonds. The van der Waals surface area contributed by atoms with E-state index >= 15 is 0 Å². The minimum Gasteiger partial charge on any atom is -0.394 e. The van der Waals surface area contributed by atoms with Crippen molar-refractivity contribution < 1.29 is 13.5 Å². The van der Waals surface area contributed by atoms with Crippen molar-refractivity contribution in [3.63, 3.8) is 0 Å². The summed E-state index contributed by atoms with van der Waals surface area (Å²) in [5.74, 6) is 0.225. The quantitative estimate of drug-likeness (QED) is 0.758. The second kappa shape index (κ2) is 4.16. The number of hydrogen-bond donors (Lipinski definition) is 1. The third kappa shape index (κ3) is 2.10. The summed E-state index contributed by atoms with van der Waals surface area (Å²) >= 11 is 0. The van der Waals surface area contributed by atoms with Crippen LogP contribution in [-0.4, -0.2) is 42.3 Å². The predicted octanol–water partition coefficient (Wildman–Crippen LogP) is 0.573. The highest BCUT2D eigenvalue weighted by Gasteiger charge is 2.39. The van der Waals surface area contributed by atoms with Crippen LogP contribution in [0.3, 0.4) is 0 Å². The summed E-state index contributed by atoms with van der Waals surface area (Å²) in [6.45, 7) is 4.15. The highest BCUT2D eigenvalue weighted by atomic mass is 32.2. The van der Waals surface area contributed by atoms with E-state index in [1.807, 2.05) is 6.92 Å². The standard InChI is InChI=1S/C9H19NO3S/c1-3-9(2,8-11)10-6-4-5-7-14(10,12)13/h11H,3-8H2,1-2H3. The van der Waals surface area contributed by atoms with E-state index < -0.39 is 15.6 Å². The molecule has 1 fully saturated rings. The summed E-state index contributed by atoms with van der Waals surface area (Å²) < 4.78 is 25.0. The van der Waals surface area contributed by atoms with Gasteiger partial charge in [-0.25, -0.2) is 8.42 Å². The molecular weight excluding hydrogens is 202 g/mol. The van der Waals surface area contributed by atoms with Gasteiger partial charge in [0.2, 0.25) is 10.0 Å². The van der Waals surface area contributed by atoms with Crippen LogP contribution >= 0.6 is 0 Å². The van der Waals surface area contributed by atoms with Crippen molar-refractivity contribution in [2.45, 2.75) is 38.6 Å². The fourth-order valence-electron chi connectivity index (χ4n) is 1.76. The van der Waals surface area contributed by atoms with Crippen LogP contribution in [0.1, 0.15) is 33.1 Å². The average molecular weight is 221 g/mol. The van der Waals surface area contributed by atoms with Crippen LogP contribution < -0.4 is 0 Å². The predicted molar refractivity (Wildman–Crippen MR) is 55.5 cm³/mol. The number of nitrogens with zero attached hydrogens (tertiary/aromatic N) is 1. The molecule has 1 saturated heterocycles. The molecule has 5 heteroatoms. The van der Waals surface area contributed by atoms with E-state index in [4.69, 9.17) is 0 Å². The normalized spacial score (nSPS) is 27.1. The van der Waals surface area contributed by atoms with Crippen molar-refractivity contribution in [3.8, 4) is 0 Å². The lowest BCUT2D eigenvalue weighted by Crippen LogP contribution is -2.54. The van der Waals surface area contributed by atoms with Crippen molar-refractivity contribution in [1.29, 1.82) is 0 Å². The number of rotatable bonds is 3. The topological polar surface area (TPSA) is 57.6 Å². The van der Waals surface area contributed by atoms with E-state index in [1.54, 1.807) is 6.92 Å². The fourth-order valence-corrected chi connectivity index (χ4v) is 3.82. The first-order valence-corrected chi connectivity index (χ1v) is 6.68. The SMILES string of the molecule is CCC(C)(CO)N1CCCCS1(=O)=O. The Morgan fingerprint density at radius 1 is 1.43 bits per heavy atom. The third-order valence-corrected chi connectivity index (χ3v) is 5.15. The Bertz CT molecular complexity index is 282. The molecule has 0 aromatic rings. The van der Waals surface area contributed by atoms with Gasteiger partial charge >= 0.3 is 0 Å². The van der Waals surface area contributed by atoms with E-state index in [-0.39, 0.29) is 12.4 Å². The molecule has 1 aliphatic heterocycles. The molecule has 1 heterocycles. The highest BCUT2D eigenvalue weighted by molar-refractivity contribution is 7.89. The Morgan fingerprint density at radius 3 is 2.50 bits per heavy atom. The molecule has 0 spiro atoms. The Morgan fingerprint density at radius 2 is 2.07 bits per heavy atom. The van der Waals surface area contributed by atoms with Crippen LogP contribution in [0, 0.1) is 0 Å². The highest BCUT2D eigenvalue weighted by Crippen LogP contribution is 2.26. The Kier molecular flexibility index (Phi) is 3.55. The maximum Gasteiger partial charge on any atom is 0.214 e. The van der Waals surface area contributed by atoms with Gasteiger partial charge in [0.15, 0.2) is 0 Å². The monoisotopic (exact) mass is 221 g/mol. The van der Waals surface area contributed by atoms with Crippen LogP contribution in [0.15, 0.2) is 0 Å². The van der Waals surface area contributed by atoms with Gasteiger partial charge in [-0.3, -0.25) is 0 Å². The van der Waals surface area contributed by atoms with Crippen molar-refractivity contribution >= 4 is 10.0 Å². The van der Waals surface area contributed by atoms with Crippen molar-refractivity contribution in [2.24, 2.45) is 0 Å². The molecule has 0 aliphatic carbocycles. The number of sulfonamides is 1. The lowest BCUT2D eigenvalue weighted by molar-refractivity contribution is 0.0977. The molecule has 0 aromatic carbocycles. The van der Waals surface area contributed by atoms with E-state index in [0.717, 1.165) is 12.8 Å². The van der Waals surface area contributed by atoms with Crippen molar-refractivity contribution in [1.82, 2.24) is 4.31 Å². The second-order valence-electron chi connectivity index (χ2n) is 4.10. The average Bonchev–Trinajstić information content (AvgIpc) is 2.16. The summed E-state index contributed by atoms with van der Waals surface area (Å²) in [4.78, 5) is 0. The molecule has 1 aliphatic rings. The smallest absolute Gasteiger partial charge is 0.214 e. The molecule has 4 nitrogen and oxygen atoms in total. The minimum atomic E-state index is -3.13. The zero-order valence-corrected chi connectivity index (χ0v) is 9.68. The second-order valence-corrected chi connectivity index (χ2v) is 6.12. The van der Waals surface area contributed by atoms with Gasteiger partial charge in [0.1, 0.15) is 0 Å². The van der Waals surface area contributed by atoms with Gasteiger partial charge in [0, 0.05) is 6.54 Å². The van der Waals surface area contributed by atoms with E-state index in [2.05, 4.69) is 0 Å². The van der Waals surface area contributed by atoms with E-state index in [9.17, 15) is 13.5 Å². The molecule has 0 saturated carbocycles.